The standard InChI is InChI=1S/C25H23N/c1-16-5-2-6-17(15-16)18-7-3-8-19-21(18)11-12-23-20-9-4-10-25(26)24(20)14-13-22(19)23/h2,4-6,9-12,14-15H,3,7-8,13,26H2,1H3. The van der Waals surface area contributed by atoms with Crippen molar-refractivity contribution in [1.29, 1.82) is 0 Å². The largest absolute Gasteiger partial charge is 0.398 e. The van der Waals surface area contributed by atoms with Crippen LogP contribution in [0, 0.1) is 17.4 Å². The minimum Gasteiger partial charge on any atom is -0.398 e. The Morgan fingerprint density at radius 3 is 2.54 bits per heavy atom. The van der Waals surface area contributed by atoms with E-state index in [1.54, 1.807) is 5.56 Å². The molecule has 26 heavy (non-hydrogen) atoms. The molecule has 0 fully saturated rings. The van der Waals surface area contributed by atoms with Gasteiger partial charge < -0.3 is 5.73 Å². The topological polar surface area (TPSA) is 26.0 Å². The highest BCUT2D eigenvalue weighted by Crippen LogP contribution is 2.26. The molecule has 0 atom stereocenters. The number of hydrogen-bond acceptors (Lipinski definition) is 1. The number of anilines is 1. The molecule has 3 aromatic rings. The van der Waals surface area contributed by atoms with Crippen LogP contribution < -0.4 is 16.2 Å². The highest BCUT2D eigenvalue weighted by molar-refractivity contribution is 5.69. The average Bonchev–Trinajstić information content (AvgIpc) is 2.67. The van der Waals surface area contributed by atoms with Gasteiger partial charge in [-0.3, -0.25) is 0 Å². The molecule has 0 aliphatic heterocycles. The molecule has 128 valence electrons. The Kier molecular flexibility index (Phi) is 3.49. The summed E-state index contributed by atoms with van der Waals surface area (Å²) in [5.74, 6) is 0. The highest BCUT2D eigenvalue weighted by Gasteiger charge is 2.16. The highest BCUT2D eigenvalue weighted by atomic mass is 14.5. The molecule has 0 saturated heterocycles. The molecule has 0 saturated carbocycles. The second kappa shape index (κ2) is 5.88. The second-order valence-electron chi connectivity index (χ2n) is 7.54. The molecule has 0 unspecified atom stereocenters. The number of rotatable bonds is 1. The number of hydrogen-bond donors (Lipinski definition) is 1. The van der Waals surface area contributed by atoms with Crippen LogP contribution >= 0.6 is 0 Å². The van der Waals surface area contributed by atoms with Crippen LogP contribution in [0.5, 0.6) is 0 Å². The third-order valence-electron chi connectivity index (χ3n) is 5.92. The number of fused-ring (bicyclic) bond motifs is 4. The zero-order valence-electron chi connectivity index (χ0n) is 15.2. The summed E-state index contributed by atoms with van der Waals surface area (Å²) < 4.78 is 0. The van der Waals surface area contributed by atoms with Gasteiger partial charge in [-0.15, -0.1) is 0 Å². The monoisotopic (exact) mass is 337 g/mol. The Hall–Kier alpha value is -2.80. The van der Waals surface area contributed by atoms with Gasteiger partial charge in [-0.25, -0.2) is 0 Å². The Bertz CT molecular complexity index is 1250. The molecule has 2 aliphatic rings. The van der Waals surface area contributed by atoms with E-state index in [-0.39, 0.29) is 0 Å². The van der Waals surface area contributed by atoms with E-state index in [1.807, 2.05) is 6.07 Å². The van der Waals surface area contributed by atoms with Gasteiger partial charge in [0.05, 0.1) is 0 Å². The van der Waals surface area contributed by atoms with Crippen molar-refractivity contribution in [2.75, 3.05) is 5.73 Å². The average molecular weight is 337 g/mol. The SMILES string of the molecule is Cc1cccc(C2=c3ccc4c(c3CCC2)CC=c2c(N)cccc2=4)c1. The number of nitrogens with two attached hydrogens (primary N) is 1. The van der Waals surface area contributed by atoms with Crippen molar-refractivity contribution in [2.45, 2.75) is 32.6 Å². The minimum atomic E-state index is 0.887. The van der Waals surface area contributed by atoms with Gasteiger partial charge in [-0.05, 0) is 76.6 Å². The van der Waals surface area contributed by atoms with E-state index in [1.165, 1.54) is 62.4 Å². The summed E-state index contributed by atoms with van der Waals surface area (Å²) >= 11 is 0. The smallest absolute Gasteiger partial charge is 0.0390 e. The van der Waals surface area contributed by atoms with Crippen molar-refractivity contribution >= 4 is 17.3 Å². The lowest BCUT2D eigenvalue weighted by Gasteiger charge is -2.21. The lowest BCUT2D eigenvalue weighted by atomic mass is 9.83. The fourth-order valence-electron chi connectivity index (χ4n) is 4.71. The van der Waals surface area contributed by atoms with Crippen molar-refractivity contribution in [3.8, 4) is 0 Å². The van der Waals surface area contributed by atoms with Gasteiger partial charge in [0.2, 0.25) is 0 Å². The summed E-state index contributed by atoms with van der Waals surface area (Å²) in [6.07, 6.45) is 6.88. The number of aryl methyl sites for hydroxylation is 1. The zero-order valence-corrected chi connectivity index (χ0v) is 15.2. The fraction of sp³-hybridized carbons (Fsp3) is 0.200. The predicted molar refractivity (Wildman–Crippen MR) is 109 cm³/mol. The molecule has 5 rings (SSSR count). The maximum Gasteiger partial charge on any atom is 0.0390 e. The Morgan fingerprint density at radius 2 is 1.65 bits per heavy atom. The molecular formula is C25H23N. The van der Waals surface area contributed by atoms with E-state index < -0.39 is 0 Å². The first-order valence-corrected chi connectivity index (χ1v) is 9.52. The lowest BCUT2D eigenvalue weighted by molar-refractivity contribution is 0.809. The molecule has 0 amide bonds. The fourth-order valence-corrected chi connectivity index (χ4v) is 4.71. The summed E-state index contributed by atoms with van der Waals surface area (Å²) in [7, 11) is 0. The molecule has 1 heteroatoms. The first-order valence-electron chi connectivity index (χ1n) is 9.52. The molecule has 0 spiro atoms. The Labute approximate surface area is 153 Å². The van der Waals surface area contributed by atoms with Crippen LogP contribution in [0.3, 0.4) is 0 Å². The van der Waals surface area contributed by atoms with Crippen LogP contribution in [-0.4, -0.2) is 0 Å². The minimum absolute atomic E-state index is 0.887. The van der Waals surface area contributed by atoms with Crippen LogP contribution in [0.4, 0.5) is 5.69 Å². The van der Waals surface area contributed by atoms with E-state index in [2.05, 4.69) is 61.5 Å². The van der Waals surface area contributed by atoms with E-state index >= 15 is 0 Å². The molecule has 3 aromatic carbocycles. The van der Waals surface area contributed by atoms with Gasteiger partial charge in [0, 0.05) is 10.9 Å². The Balaban J connectivity index is 1.89. The maximum absolute atomic E-state index is 6.21. The number of nitrogen functional groups attached to an aromatic ring is 1. The lowest BCUT2D eigenvalue weighted by Crippen LogP contribution is -2.23. The zero-order chi connectivity index (χ0) is 17.7. The third-order valence-corrected chi connectivity index (χ3v) is 5.92. The number of benzene rings is 3. The van der Waals surface area contributed by atoms with Crippen molar-refractivity contribution in [3.05, 3.63) is 97.7 Å². The van der Waals surface area contributed by atoms with E-state index in [9.17, 15) is 0 Å². The molecule has 0 heterocycles. The summed E-state index contributed by atoms with van der Waals surface area (Å²) in [6.45, 7) is 2.18. The normalized spacial score (nSPS) is 14.9. The first-order chi connectivity index (χ1) is 12.7. The van der Waals surface area contributed by atoms with Gasteiger partial charge in [0.1, 0.15) is 0 Å². The van der Waals surface area contributed by atoms with Gasteiger partial charge in [0.15, 0.2) is 0 Å². The maximum atomic E-state index is 6.21. The van der Waals surface area contributed by atoms with Crippen LogP contribution in [0.25, 0.3) is 11.6 Å². The van der Waals surface area contributed by atoms with Gasteiger partial charge in [-0.2, -0.15) is 0 Å². The van der Waals surface area contributed by atoms with Gasteiger partial charge in [-0.1, -0.05) is 60.2 Å². The molecule has 2 aliphatic carbocycles. The van der Waals surface area contributed by atoms with Crippen LogP contribution in [0.1, 0.15) is 35.1 Å². The van der Waals surface area contributed by atoms with E-state index in [0.717, 1.165) is 12.1 Å². The molecule has 2 N–H and O–H groups in total. The second-order valence-corrected chi connectivity index (χ2v) is 7.54. The van der Waals surface area contributed by atoms with Crippen molar-refractivity contribution in [2.24, 2.45) is 0 Å². The first kappa shape index (κ1) is 15.5. The molecular weight excluding hydrogens is 314 g/mol. The third kappa shape index (κ3) is 2.31. The summed E-state index contributed by atoms with van der Waals surface area (Å²) in [6, 6.07) is 19.9. The van der Waals surface area contributed by atoms with Crippen LogP contribution in [0.15, 0.2) is 54.6 Å². The van der Waals surface area contributed by atoms with Crippen molar-refractivity contribution in [3.63, 3.8) is 0 Å². The van der Waals surface area contributed by atoms with Crippen molar-refractivity contribution in [1.82, 2.24) is 0 Å². The summed E-state index contributed by atoms with van der Waals surface area (Å²) in [5, 5.41) is 5.33. The summed E-state index contributed by atoms with van der Waals surface area (Å²) in [5.41, 5.74) is 14.4. The molecule has 0 radical (unpaired) electrons. The Morgan fingerprint density at radius 1 is 0.808 bits per heavy atom. The van der Waals surface area contributed by atoms with Gasteiger partial charge >= 0.3 is 0 Å². The van der Waals surface area contributed by atoms with Gasteiger partial charge in [0.25, 0.3) is 0 Å². The van der Waals surface area contributed by atoms with E-state index in [4.69, 9.17) is 5.73 Å². The van der Waals surface area contributed by atoms with Crippen LogP contribution in [0.2, 0.25) is 0 Å². The van der Waals surface area contributed by atoms with Crippen LogP contribution in [-0.2, 0) is 12.8 Å². The quantitative estimate of drug-likeness (QED) is 0.673. The van der Waals surface area contributed by atoms with E-state index in [0.29, 0.717) is 0 Å². The molecule has 0 bridgehead atoms. The van der Waals surface area contributed by atoms with Crippen molar-refractivity contribution < 1.29 is 0 Å². The molecule has 0 aromatic heterocycles. The molecule has 1 nitrogen and oxygen atoms in total. The predicted octanol–water partition coefficient (Wildman–Crippen LogP) is 3.74. The summed E-state index contributed by atoms with van der Waals surface area (Å²) in [4.78, 5) is 0.